The number of hydrogen-bond acceptors (Lipinski definition) is 0. The topological polar surface area (TPSA) is 0 Å². The highest BCUT2D eigenvalue weighted by Crippen LogP contribution is 2.37. The minimum atomic E-state index is 0.249. The molecule has 0 spiro atoms. The largest absolute Gasteiger partial charge is 0.0805 e. The van der Waals surface area contributed by atoms with Gasteiger partial charge in [-0.05, 0) is 12.8 Å². The van der Waals surface area contributed by atoms with Crippen LogP contribution < -0.4 is 0 Å². The first-order chi connectivity index (χ1) is 6.71. The Bertz CT molecular complexity index is 129. The van der Waals surface area contributed by atoms with E-state index in [2.05, 4.69) is 31.9 Å². The highest BCUT2D eigenvalue weighted by atomic mass is 79.9. The van der Waals surface area contributed by atoms with E-state index in [0.29, 0.717) is 0 Å². The molecule has 0 aliphatic heterocycles. The first-order valence-corrected chi connectivity index (χ1v) is 7.67. The van der Waals surface area contributed by atoms with Crippen LogP contribution >= 0.6 is 31.9 Å². The second kappa shape index (κ2) is 7.27. The predicted octanol–water partition coefficient (Wildman–Crippen LogP) is 5.78. The molecular formula is C12H22Br2. The Morgan fingerprint density at radius 2 is 0.786 bits per heavy atom. The highest BCUT2D eigenvalue weighted by Gasteiger charge is 2.21. The van der Waals surface area contributed by atoms with Crippen molar-refractivity contribution >= 4 is 31.9 Å². The van der Waals surface area contributed by atoms with Crippen molar-refractivity contribution in [3.63, 3.8) is 0 Å². The first kappa shape index (κ1) is 13.0. The van der Waals surface area contributed by atoms with Crippen LogP contribution in [0.5, 0.6) is 0 Å². The standard InChI is InChI=1S/C12H22Br2/c13-12(14)10-8-6-4-2-1-3-5-7-9-11-12/h1-11H2. The lowest BCUT2D eigenvalue weighted by Crippen LogP contribution is -2.11. The molecule has 0 nitrogen and oxygen atoms in total. The van der Waals surface area contributed by atoms with Gasteiger partial charge >= 0.3 is 0 Å². The molecule has 1 fully saturated rings. The zero-order chi connectivity index (χ0) is 10.3. The first-order valence-electron chi connectivity index (χ1n) is 6.09. The third-order valence-electron chi connectivity index (χ3n) is 3.09. The zero-order valence-electron chi connectivity index (χ0n) is 9.03. The van der Waals surface area contributed by atoms with Crippen molar-refractivity contribution < 1.29 is 0 Å². The molecule has 1 aliphatic rings. The Hall–Kier alpha value is 0.960. The summed E-state index contributed by atoms with van der Waals surface area (Å²) in [5.74, 6) is 0. The van der Waals surface area contributed by atoms with Gasteiger partial charge in [-0.3, -0.25) is 0 Å². The second-order valence-corrected chi connectivity index (χ2v) is 8.64. The number of halogens is 2. The molecule has 14 heavy (non-hydrogen) atoms. The zero-order valence-corrected chi connectivity index (χ0v) is 12.2. The summed E-state index contributed by atoms with van der Waals surface area (Å²) in [5, 5.41) is 0. The van der Waals surface area contributed by atoms with Gasteiger partial charge in [0.15, 0.2) is 0 Å². The molecule has 1 aliphatic carbocycles. The molecule has 0 bridgehead atoms. The maximum Gasteiger partial charge on any atom is 0.0805 e. The molecule has 0 aromatic rings. The Balaban J connectivity index is 2.24. The molecule has 0 N–H and O–H groups in total. The third-order valence-corrected chi connectivity index (χ3v) is 4.67. The molecule has 0 saturated heterocycles. The van der Waals surface area contributed by atoms with E-state index in [4.69, 9.17) is 0 Å². The van der Waals surface area contributed by atoms with Crippen LogP contribution in [0.4, 0.5) is 0 Å². The van der Waals surface area contributed by atoms with Crippen LogP contribution in [-0.2, 0) is 0 Å². The van der Waals surface area contributed by atoms with Crippen LogP contribution in [0, 0.1) is 0 Å². The second-order valence-electron chi connectivity index (χ2n) is 4.54. The molecule has 1 saturated carbocycles. The number of alkyl halides is 2. The van der Waals surface area contributed by atoms with E-state index in [1.54, 1.807) is 0 Å². The lowest BCUT2D eigenvalue weighted by Gasteiger charge is -2.20. The number of hydrogen-bond donors (Lipinski definition) is 0. The van der Waals surface area contributed by atoms with Crippen molar-refractivity contribution in [2.24, 2.45) is 0 Å². The molecule has 0 aromatic heterocycles. The van der Waals surface area contributed by atoms with Crippen molar-refractivity contribution in [1.29, 1.82) is 0 Å². The summed E-state index contributed by atoms with van der Waals surface area (Å²) in [6, 6.07) is 0. The summed E-state index contributed by atoms with van der Waals surface area (Å²) < 4.78 is 0.249. The fourth-order valence-corrected chi connectivity index (χ4v) is 3.25. The molecule has 1 rings (SSSR count). The van der Waals surface area contributed by atoms with Crippen molar-refractivity contribution in [3.05, 3.63) is 0 Å². The SMILES string of the molecule is BrC1(Br)CCCCCCCCCCC1. The van der Waals surface area contributed by atoms with Gasteiger partial charge in [-0.1, -0.05) is 89.6 Å². The lowest BCUT2D eigenvalue weighted by molar-refractivity contribution is 0.503. The monoisotopic (exact) mass is 324 g/mol. The summed E-state index contributed by atoms with van der Waals surface area (Å²) in [5.41, 5.74) is 0. The maximum absolute atomic E-state index is 3.80. The van der Waals surface area contributed by atoms with Crippen LogP contribution in [0.15, 0.2) is 0 Å². The molecular weight excluding hydrogens is 304 g/mol. The van der Waals surface area contributed by atoms with Gasteiger partial charge in [0.1, 0.15) is 0 Å². The molecule has 0 atom stereocenters. The predicted molar refractivity (Wildman–Crippen MR) is 71.4 cm³/mol. The van der Waals surface area contributed by atoms with Gasteiger partial charge in [-0.2, -0.15) is 0 Å². The van der Waals surface area contributed by atoms with Crippen LogP contribution in [-0.4, -0.2) is 3.23 Å². The maximum atomic E-state index is 3.80. The van der Waals surface area contributed by atoms with Crippen LogP contribution in [0.2, 0.25) is 0 Å². The van der Waals surface area contributed by atoms with Gasteiger partial charge in [-0.15, -0.1) is 0 Å². The fourth-order valence-electron chi connectivity index (χ4n) is 2.13. The minimum absolute atomic E-state index is 0.249. The van der Waals surface area contributed by atoms with Gasteiger partial charge in [0, 0.05) is 0 Å². The fraction of sp³-hybridized carbons (Fsp3) is 1.00. The summed E-state index contributed by atoms with van der Waals surface area (Å²) in [6.07, 6.45) is 15.4. The summed E-state index contributed by atoms with van der Waals surface area (Å²) in [4.78, 5) is 0. The summed E-state index contributed by atoms with van der Waals surface area (Å²) >= 11 is 7.60. The van der Waals surface area contributed by atoms with E-state index < -0.39 is 0 Å². The van der Waals surface area contributed by atoms with E-state index in [-0.39, 0.29) is 3.23 Å². The van der Waals surface area contributed by atoms with E-state index in [9.17, 15) is 0 Å². The van der Waals surface area contributed by atoms with Crippen LogP contribution in [0.25, 0.3) is 0 Å². The Morgan fingerprint density at radius 1 is 0.500 bits per heavy atom. The van der Waals surface area contributed by atoms with Crippen molar-refractivity contribution in [1.82, 2.24) is 0 Å². The van der Waals surface area contributed by atoms with Crippen LogP contribution in [0.3, 0.4) is 0 Å². The highest BCUT2D eigenvalue weighted by molar-refractivity contribution is 9.25. The number of rotatable bonds is 0. The third kappa shape index (κ3) is 6.44. The van der Waals surface area contributed by atoms with E-state index in [1.807, 2.05) is 0 Å². The van der Waals surface area contributed by atoms with E-state index in [1.165, 1.54) is 70.6 Å². The summed E-state index contributed by atoms with van der Waals surface area (Å²) in [6.45, 7) is 0. The van der Waals surface area contributed by atoms with Gasteiger partial charge in [-0.25, -0.2) is 0 Å². The van der Waals surface area contributed by atoms with Crippen LogP contribution in [0.1, 0.15) is 70.6 Å². The average Bonchev–Trinajstić information content (AvgIpc) is 2.11. The quantitative estimate of drug-likeness (QED) is 0.495. The van der Waals surface area contributed by atoms with Gasteiger partial charge in [0.2, 0.25) is 0 Å². The molecule has 0 unspecified atom stereocenters. The minimum Gasteiger partial charge on any atom is -0.0727 e. The lowest BCUT2D eigenvalue weighted by atomic mass is 10.0. The van der Waals surface area contributed by atoms with Gasteiger partial charge in [0.05, 0.1) is 3.23 Å². The smallest absolute Gasteiger partial charge is 0.0727 e. The Kier molecular flexibility index (Phi) is 6.76. The van der Waals surface area contributed by atoms with Gasteiger partial charge < -0.3 is 0 Å². The van der Waals surface area contributed by atoms with Crippen molar-refractivity contribution in [2.75, 3.05) is 0 Å². The van der Waals surface area contributed by atoms with E-state index >= 15 is 0 Å². The average molecular weight is 326 g/mol. The molecule has 0 aromatic carbocycles. The molecule has 0 amide bonds. The van der Waals surface area contributed by atoms with Crippen molar-refractivity contribution in [3.8, 4) is 0 Å². The summed E-state index contributed by atoms with van der Waals surface area (Å²) in [7, 11) is 0. The Morgan fingerprint density at radius 3 is 1.14 bits per heavy atom. The van der Waals surface area contributed by atoms with Crippen molar-refractivity contribution in [2.45, 2.75) is 73.9 Å². The van der Waals surface area contributed by atoms with E-state index in [0.717, 1.165) is 0 Å². The molecule has 0 heterocycles. The molecule has 2 heteroatoms. The molecule has 84 valence electrons. The molecule has 0 radical (unpaired) electrons. The van der Waals surface area contributed by atoms with Gasteiger partial charge in [0.25, 0.3) is 0 Å². The normalized spacial score (nSPS) is 26.1. The Labute approximate surface area is 105 Å².